The number of aryl methyl sites for hydroxylation is 1. The molecule has 32 heavy (non-hydrogen) atoms. The van der Waals surface area contributed by atoms with E-state index in [1.165, 1.54) is 0 Å². The molecule has 0 radical (unpaired) electrons. The van der Waals surface area contributed by atoms with Gasteiger partial charge in [0.2, 0.25) is 5.91 Å². The first-order valence-electron chi connectivity index (χ1n) is 13.1. The lowest BCUT2D eigenvalue weighted by Crippen LogP contribution is -2.49. The van der Waals surface area contributed by atoms with Gasteiger partial charge < -0.3 is 15.4 Å². The van der Waals surface area contributed by atoms with E-state index in [-0.39, 0.29) is 18.9 Å². The number of hydrogen-bond acceptors (Lipinski definition) is 3. The second-order valence-electron chi connectivity index (χ2n) is 8.55. The molecule has 2 heterocycles. The molecule has 2 N–H and O–H groups in total. The molecular weight excluding hydrogens is 396 g/mol. The maximum atomic E-state index is 13.3. The van der Waals surface area contributed by atoms with Crippen LogP contribution in [-0.2, 0) is 23.0 Å². The maximum Gasteiger partial charge on any atom is 0.232 e. The van der Waals surface area contributed by atoms with Crippen LogP contribution in [0.1, 0.15) is 34.2 Å². The zero-order valence-electron chi connectivity index (χ0n) is 22.0. The zero-order chi connectivity index (χ0) is 25.6. The van der Waals surface area contributed by atoms with Crippen LogP contribution in [0.2, 0.25) is 0 Å². The SMILES string of the molecule is [2H]C1([2H])Cc2cc(C([2H])([2H])CN3CC[C@@H](C(C(N)=O)(c4ccccc4)c4ccccc4)C3)ccc2O1. The maximum absolute atomic E-state index is 13.3. The van der Waals surface area contributed by atoms with Crippen molar-refractivity contribution in [3.63, 3.8) is 0 Å². The van der Waals surface area contributed by atoms with Crippen molar-refractivity contribution in [3.05, 3.63) is 101 Å². The summed E-state index contributed by atoms with van der Waals surface area (Å²) in [5, 5.41) is 0. The molecule has 0 aliphatic carbocycles. The molecule has 1 fully saturated rings. The van der Waals surface area contributed by atoms with Gasteiger partial charge in [-0.25, -0.2) is 0 Å². The summed E-state index contributed by atoms with van der Waals surface area (Å²) >= 11 is 0. The Balaban J connectivity index is 1.42. The first kappa shape index (κ1) is 16.5. The molecule has 2 aliphatic heterocycles. The number of rotatable bonds is 7. The summed E-state index contributed by atoms with van der Waals surface area (Å²) in [6.07, 6.45) is -0.845. The van der Waals surface area contributed by atoms with E-state index in [0.29, 0.717) is 36.4 Å². The molecule has 4 nitrogen and oxygen atoms in total. The molecule has 164 valence electrons. The zero-order valence-corrected chi connectivity index (χ0v) is 18.0. The normalized spacial score (nSPS) is 22.2. The molecule has 5 rings (SSSR count). The van der Waals surface area contributed by atoms with Gasteiger partial charge in [-0.15, -0.1) is 0 Å². The highest BCUT2D eigenvalue weighted by molar-refractivity contribution is 5.91. The predicted octanol–water partition coefficient (Wildman–Crippen LogP) is 3.96. The number of fused-ring (bicyclic) bond motifs is 1. The fraction of sp³-hybridized carbons (Fsp3) is 0.321. The summed E-state index contributed by atoms with van der Waals surface area (Å²) in [6, 6.07) is 24.4. The lowest BCUT2D eigenvalue weighted by Gasteiger charge is -2.37. The second-order valence-corrected chi connectivity index (χ2v) is 8.55. The first-order valence-corrected chi connectivity index (χ1v) is 11.1. The lowest BCUT2D eigenvalue weighted by atomic mass is 9.64. The number of nitrogens with zero attached hydrogens (tertiary/aromatic N) is 1. The Morgan fingerprint density at radius 3 is 2.44 bits per heavy atom. The van der Waals surface area contributed by atoms with Crippen molar-refractivity contribution < 1.29 is 15.0 Å². The second kappa shape index (κ2) is 8.79. The largest absolute Gasteiger partial charge is 0.493 e. The molecule has 3 aromatic rings. The summed E-state index contributed by atoms with van der Waals surface area (Å²) in [5.41, 5.74) is 8.05. The molecule has 0 saturated carbocycles. The van der Waals surface area contributed by atoms with Crippen LogP contribution in [0.3, 0.4) is 0 Å². The summed E-state index contributed by atoms with van der Waals surface area (Å²) in [5.74, 6) is -0.0447. The summed E-state index contributed by atoms with van der Waals surface area (Å²) < 4.78 is 38.6. The summed E-state index contributed by atoms with van der Waals surface area (Å²) in [4.78, 5) is 15.3. The number of primary amides is 1. The highest BCUT2D eigenvalue weighted by atomic mass is 16.5. The number of ether oxygens (including phenoxy) is 1. The highest BCUT2D eigenvalue weighted by Gasteiger charge is 2.49. The van der Waals surface area contributed by atoms with Crippen molar-refractivity contribution in [1.29, 1.82) is 0 Å². The van der Waals surface area contributed by atoms with E-state index < -0.39 is 24.3 Å². The van der Waals surface area contributed by atoms with E-state index in [1.807, 2.05) is 60.7 Å². The number of benzene rings is 3. The Kier molecular flexibility index (Phi) is 4.54. The molecule has 2 aliphatic rings. The third kappa shape index (κ3) is 3.69. The minimum absolute atomic E-state index is 0.104. The fourth-order valence-electron chi connectivity index (χ4n) is 5.18. The topological polar surface area (TPSA) is 55.6 Å². The number of likely N-dealkylation sites (tertiary alicyclic amines) is 1. The van der Waals surface area contributed by atoms with Gasteiger partial charge in [0.15, 0.2) is 0 Å². The van der Waals surface area contributed by atoms with Gasteiger partial charge in [0.1, 0.15) is 11.2 Å². The van der Waals surface area contributed by atoms with Crippen LogP contribution in [-0.4, -0.2) is 37.0 Å². The van der Waals surface area contributed by atoms with E-state index in [9.17, 15) is 4.79 Å². The van der Waals surface area contributed by atoms with Crippen LogP contribution in [0.5, 0.6) is 5.75 Å². The summed E-state index contributed by atoms with van der Waals surface area (Å²) in [7, 11) is 0. The average molecular weight is 431 g/mol. The molecule has 4 heteroatoms. The molecule has 1 atom stereocenters. The van der Waals surface area contributed by atoms with Crippen molar-refractivity contribution in [3.8, 4) is 5.75 Å². The van der Waals surface area contributed by atoms with Crippen molar-refractivity contribution in [2.24, 2.45) is 11.7 Å². The average Bonchev–Trinajstić information content (AvgIpc) is 3.42. The van der Waals surface area contributed by atoms with Gasteiger partial charge in [-0.3, -0.25) is 4.79 Å². The molecule has 0 aromatic heterocycles. The van der Waals surface area contributed by atoms with Crippen molar-refractivity contribution in [2.45, 2.75) is 24.6 Å². The quantitative estimate of drug-likeness (QED) is 0.617. The number of hydrogen-bond donors (Lipinski definition) is 1. The Morgan fingerprint density at radius 2 is 1.78 bits per heavy atom. The predicted molar refractivity (Wildman–Crippen MR) is 127 cm³/mol. The van der Waals surface area contributed by atoms with Gasteiger partial charge in [0.05, 0.1) is 9.30 Å². The van der Waals surface area contributed by atoms with E-state index in [1.54, 1.807) is 18.2 Å². The fourth-order valence-corrected chi connectivity index (χ4v) is 5.18. The molecular formula is C28H30N2O2. The van der Waals surface area contributed by atoms with Gasteiger partial charge in [0, 0.05) is 22.3 Å². The van der Waals surface area contributed by atoms with E-state index in [2.05, 4.69) is 4.90 Å². The van der Waals surface area contributed by atoms with E-state index >= 15 is 0 Å². The Hall–Kier alpha value is -3.11. The van der Waals surface area contributed by atoms with Crippen LogP contribution in [0.15, 0.2) is 78.9 Å². The minimum atomic E-state index is -1.76. The van der Waals surface area contributed by atoms with Crippen molar-refractivity contribution >= 4 is 5.91 Å². The van der Waals surface area contributed by atoms with E-state index in [4.69, 9.17) is 16.0 Å². The summed E-state index contributed by atoms with van der Waals surface area (Å²) in [6.45, 7) is -0.421. The van der Waals surface area contributed by atoms with Crippen molar-refractivity contribution in [1.82, 2.24) is 4.90 Å². The van der Waals surface area contributed by atoms with Crippen LogP contribution in [0.4, 0.5) is 0 Å². The first-order chi connectivity index (χ1) is 17.1. The standard InChI is InChI=1S/C28H30N2O2/c29-27(31)28(23-7-3-1-4-8-23,24-9-5-2-6-10-24)25-14-17-30(20-25)16-13-21-11-12-26-22(19-21)15-18-32-26/h1-12,19,25H,13-18,20H2,(H2,29,31)/t25-/m1/s1/i13D2,18D2. The Bertz CT molecular complexity index is 1210. The van der Waals surface area contributed by atoms with Gasteiger partial charge in [-0.2, -0.15) is 0 Å². The number of carbonyl (C=O) groups is 1. The van der Waals surface area contributed by atoms with Gasteiger partial charge >= 0.3 is 0 Å². The van der Waals surface area contributed by atoms with Crippen LogP contribution < -0.4 is 10.5 Å². The number of carbonyl (C=O) groups excluding carboxylic acids is 1. The molecule has 1 amide bonds. The van der Waals surface area contributed by atoms with Gasteiger partial charge in [-0.1, -0.05) is 72.8 Å². The van der Waals surface area contributed by atoms with Gasteiger partial charge in [-0.05, 0) is 53.6 Å². The third-order valence-corrected chi connectivity index (χ3v) is 6.74. The number of nitrogens with two attached hydrogens (primary N) is 1. The smallest absolute Gasteiger partial charge is 0.232 e. The van der Waals surface area contributed by atoms with Crippen LogP contribution >= 0.6 is 0 Å². The van der Waals surface area contributed by atoms with Crippen molar-refractivity contribution in [2.75, 3.05) is 26.2 Å². The highest BCUT2D eigenvalue weighted by Crippen LogP contribution is 2.43. The Morgan fingerprint density at radius 1 is 1.09 bits per heavy atom. The van der Waals surface area contributed by atoms with Crippen LogP contribution in [0, 0.1) is 5.92 Å². The molecule has 0 bridgehead atoms. The Labute approximate surface area is 195 Å². The van der Waals surface area contributed by atoms with Crippen LogP contribution in [0.25, 0.3) is 0 Å². The monoisotopic (exact) mass is 430 g/mol. The minimum Gasteiger partial charge on any atom is -0.493 e. The lowest BCUT2D eigenvalue weighted by molar-refractivity contribution is -0.123. The third-order valence-electron chi connectivity index (χ3n) is 6.74. The number of amides is 1. The molecule has 3 aromatic carbocycles. The van der Waals surface area contributed by atoms with E-state index in [0.717, 1.165) is 11.1 Å². The van der Waals surface area contributed by atoms with Gasteiger partial charge in [0.25, 0.3) is 0 Å². The molecule has 0 unspecified atom stereocenters. The molecule has 1 saturated heterocycles. The molecule has 0 spiro atoms.